The first-order valence-corrected chi connectivity index (χ1v) is 5.98. The second-order valence-electron chi connectivity index (χ2n) is 4.12. The van der Waals surface area contributed by atoms with Crippen LogP contribution in [0.4, 0.5) is 10.5 Å². The Kier molecular flexibility index (Phi) is 4.33. The van der Waals surface area contributed by atoms with Crippen LogP contribution in [-0.2, 0) is 4.79 Å². The van der Waals surface area contributed by atoms with Crippen LogP contribution < -0.4 is 10.6 Å². The highest BCUT2D eigenvalue weighted by atomic mass is 16.4. The van der Waals surface area contributed by atoms with Crippen molar-refractivity contribution < 1.29 is 14.7 Å². The molecule has 1 aromatic carbocycles. The summed E-state index contributed by atoms with van der Waals surface area (Å²) in [6.45, 7) is 0.00301. The average molecular weight is 274 g/mol. The van der Waals surface area contributed by atoms with Crippen LogP contribution in [0.25, 0.3) is 0 Å². The van der Waals surface area contributed by atoms with Gasteiger partial charge in [0.25, 0.3) is 0 Å². The third-order valence-corrected chi connectivity index (χ3v) is 2.72. The van der Waals surface area contributed by atoms with Crippen LogP contribution in [0, 0.1) is 0 Å². The van der Waals surface area contributed by atoms with Crippen LogP contribution in [-0.4, -0.2) is 33.8 Å². The maximum absolute atomic E-state index is 11.6. The summed E-state index contributed by atoms with van der Waals surface area (Å²) in [5.74, 6) is -1.77. The molecular weight excluding hydrogens is 260 g/mol. The first-order chi connectivity index (χ1) is 9.66. The molecule has 0 bridgehead atoms. The number of amides is 2. The van der Waals surface area contributed by atoms with E-state index in [0.29, 0.717) is 11.3 Å². The lowest BCUT2D eigenvalue weighted by Gasteiger charge is -2.13. The van der Waals surface area contributed by atoms with Gasteiger partial charge in [-0.2, -0.15) is 5.10 Å². The van der Waals surface area contributed by atoms with Crippen molar-refractivity contribution in [3.8, 4) is 0 Å². The van der Waals surface area contributed by atoms with E-state index >= 15 is 0 Å². The molecule has 2 amide bonds. The number of nitrogens with one attached hydrogen (secondary N) is 3. The number of carbonyl (C=O) groups excluding carboxylic acids is 1. The van der Waals surface area contributed by atoms with E-state index in [1.54, 1.807) is 30.3 Å². The van der Waals surface area contributed by atoms with Gasteiger partial charge in [0.05, 0.1) is 17.8 Å². The lowest BCUT2D eigenvalue weighted by Crippen LogP contribution is -2.34. The van der Waals surface area contributed by atoms with Crippen LogP contribution in [0.2, 0.25) is 0 Å². The van der Waals surface area contributed by atoms with Gasteiger partial charge in [0.15, 0.2) is 0 Å². The molecular formula is C13H14N4O3. The molecule has 0 fully saturated rings. The van der Waals surface area contributed by atoms with E-state index < -0.39 is 17.9 Å². The Morgan fingerprint density at radius 1 is 1.30 bits per heavy atom. The molecule has 1 atom stereocenters. The number of carboxylic acids is 1. The zero-order chi connectivity index (χ0) is 14.4. The monoisotopic (exact) mass is 274 g/mol. The van der Waals surface area contributed by atoms with Crippen molar-refractivity contribution in [2.24, 2.45) is 0 Å². The normalized spacial score (nSPS) is 11.6. The zero-order valence-corrected chi connectivity index (χ0v) is 10.5. The molecule has 0 saturated carbocycles. The lowest BCUT2D eigenvalue weighted by atomic mass is 9.99. The van der Waals surface area contributed by atoms with Crippen molar-refractivity contribution in [1.29, 1.82) is 0 Å². The number of carboxylic acid groups (broad SMARTS) is 1. The predicted octanol–water partition coefficient (Wildman–Crippen LogP) is 1.40. The smallest absolute Gasteiger partial charge is 0.319 e. The van der Waals surface area contributed by atoms with Crippen LogP contribution in [0.3, 0.4) is 0 Å². The van der Waals surface area contributed by atoms with Gasteiger partial charge < -0.3 is 15.7 Å². The first kappa shape index (κ1) is 13.6. The van der Waals surface area contributed by atoms with Gasteiger partial charge in [-0.25, -0.2) is 4.79 Å². The fraction of sp³-hybridized carbons (Fsp3) is 0.154. The predicted molar refractivity (Wildman–Crippen MR) is 72.4 cm³/mol. The standard InChI is InChI=1S/C13H14N4O3/c18-12(19)11(9-4-2-1-3-5-9)8-14-13(20)17-10-6-15-16-7-10/h1-7,11H,8H2,(H,15,16)(H,18,19)(H2,14,17,20). The van der Waals surface area contributed by atoms with E-state index in [1.807, 2.05) is 0 Å². The van der Waals surface area contributed by atoms with Crippen LogP contribution in [0.1, 0.15) is 11.5 Å². The van der Waals surface area contributed by atoms with E-state index in [2.05, 4.69) is 20.8 Å². The largest absolute Gasteiger partial charge is 0.481 e. The summed E-state index contributed by atoms with van der Waals surface area (Å²) in [6.07, 6.45) is 2.97. The molecule has 0 radical (unpaired) electrons. The molecule has 1 heterocycles. The average Bonchev–Trinajstić information content (AvgIpc) is 2.92. The molecule has 1 unspecified atom stereocenters. The highest BCUT2D eigenvalue weighted by molar-refractivity contribution is 5.89. The number of rotatable bonds is 5. The van der Waals surface area contributed by atoms with E-state index in [1.165, 1.54) is 12.4 Å². The van der Waals surface area contributed by atoms with Gasteiger partial charge in [-0.1, -0.05) is 30.3 Å². The van der Waals surface area contributed by atoms with Crippen molar-refractivity contribution >= 4 is 17.7 Å². The highest BCUT2D eigenvalue weighted by Gasteiger charge is 2.20. The Morgan fingerprint density at radius 3 is 2.65 bits per heavy atom. The van der Waals surface area contributed by atoms with Crippen molar-refractivity contribution in [2.45, 2.75) is 5.92 Å². The number of H-pyrrole nitrogens is 1. The summed E-state index contributed by atoms with van der Waals surface area (Å²) >= 11 is 0. The minimum atomic E-state index is -0.986. The lowest BCUT2D eigenvalue weighted by molar-refractivity contribution is -0.138. The summed E-state index contributed by atoms with van der Waals surface area (Å²) in [5, 5.41) is 20.5. The quantitative estimate of drug-likeness (QED) is 0.661. The number of urea groups is 1. The zero-order valence-electron chi connectivity index (χ0n) is 10.5. The minimum Gasteiger partial charge on any atom is -0.481 e. The third kappa shape index (κ3) is 3.58. The fourth-order valence-corrected chi connectivity index (χ4v) is 1.72. The van der Waals surface area contributed by atoms with Gasteiger partial charge in [-0.3, -0.25) is 9.89 Å². The maximum Gasteiger partial charge on any atom is 0.319 e. The van der Waals surface area contributed by atoms with E-state index in [-0.39, 0.29) is 6.54 Å². The summed E-state index contributed by atoms with van der Waals surface area (Å²) in [4.78, 5) is 22.9. The number of anilines is 1. The Balaban J connectivity index is 1.93. The molecule has 0 saturated heterocycles. The molecule has 0 aliphatic rings. The molecule has 104 valence electrons. The van der Waals surface area contributed by atoms with E-state index in [4.69, 9.17) is 0 Å². The topological polar surface area (TPSA) is 107 Å². The molecule has 7 nitrogen and oxygen atoms in total. The molecule has 7 heteroatoms. The van der Waals surface area contributed by atoms with Crippen LogP contribution >= 0.6 is 0 Å². The number of hydrogen-bond acceptors (Lipinski definition) is 3. The number of nitrogens with zero attached hydrogens (tertiary/aromatic N) is 1. The molecule has 20 heavy (non-hydrogen) atoms. The molecule has 2 rings (SSSR count). The van der Waals surface area contributed by atoms with Crippen LogP contribution in [0.15, 0.2) is 42.7 Å². The SMILES string of the molecule is O=C(NCC(C(=O)O)c1ccccc1)Nc1cn[nH]c1. The Hall–Kier alpha value is -2.83. The van der Waals surface area contributed by atoms with Crippen molar-refractivity contribution in [2.75, 3.05) is 11.9 Å². The molecule has 0 spiro atoms. The van der Waals surface area contributed by atoms with Crippen molar-refractivity contribution in [1.82, 2.24) is 15.5 Å². The minimum absolute atomic E-state index is 0.00301. The van der Waals surface area contributed by atoms with E-state index in [0.717, 1.165) is 0 Å². The van der Waals surface area contributed by atoms with Gasteiger partial charge in [0, 0.05) is 12.7 Å². The molecule has 1 aromatic heterocycles. The highest BCUT2D eigenvalue weighted by Crippen LogP contribution is 2.14. The fourth-order valence-electron chi connectivity index (χ4n) is 1.72. The summed E-state index contributed by atoms with van der Waals surface area (Å²) in [7, 11) is 0. The van der Waals surface area contributed by atoms with Gasteiger partial charge in [0.2, 0.25) is 0 Å². The van der Waals surface area contributed by atoms with Gasteiger partial charge in [0.1, 0.15) is 0 Å². The van der Waals surface area contributed by atoms with E-state index in [9.17, 15) is 14.7 Å². The number of hydrogen-bond donors (Lipinski definition) is 4. The first-order valence-electron chi connectivity index (χ1n) is 5.98. The summed E-state index contributed by atoms with van der Waals surface area (Å²) in [5.41, 5.74) is 1.15. The second kappa shape index (κ2) is 6.37. The van der Waals surface area contributed by atoms with Crippen LogP contribution in [0.5, 0.6) is 0 Å². The number of aliphatic carboxylic acids is 1. The molecule has 0 aliphatic carbocycles. The number of benzene rings is 1. The number of aromatic amines is 1. The van der Waals surface area contributed by atoms with Gasteiger partial charge >= 0.3 is 12.0 Å². The van der Waals surface area contributed by atoms with Gasteiger partial charge in [-0.15, -0.1) is 0 Å². The third-order valence-electron chi connectivity index (χ3n) is 2.72. The van der Waals surface area contributed by atoms with Crippen molar-refractivity contribution in [3.05, 3.63) is 48.3 Å². The number of carbonyl (C=O) groups is 2. The molecule has 4 N–H and O–H groups in total. The Morgan fingerprint density at radius 2 is 2.05 bits per heavy atom. The maximum atomic E-state index is 11.6. The van der Waals surface area contributed by atoms with Crippen molar-refractivity contribution in [3.63, 3.8) is 0 Å². The molecule has 0 aliphatic heterocycles. The van der Waals surface area contributed by atoms with Gasteiger partial charge in [-0.05, 0) is 5.56 Å². The Bertz CT molecular complexity index is 569. The second-order valence-corrected chi connectivity index (χ2v) is 4.12. The Labute approximate surface area is 115 Å². The summed E-state index contributed by atoms with van der Waals surface area (Å²) in [6, 6.07) is 8.28. The summed E-state index contributed by atoms with van der Waals surface area (Å²) < 4.78 is 0. The molecule has 2 aromatic rings. The number of aromatic nitrogens is 2.